The first kappa shape index (κ1) is 28.7. The van der Waals surface area contributed by atoms with E-state index in [-0.39, 0.29) is 24.1 Å². The van der Waals surface area contributed by atoms with Crippen LogP contribution in [-0.2, 0) is 9.47 Å². The smallest absolute Gasteiger partial charge is 0.340 e. The minimum absolute atomic E-state index is 0.123. The van der Waals surface area contributed by atoms with Gasteiger partial charge in [-0.05, 0) is 92.9 Å². The van der Waals surface area contributed by atoms with Crippen LogP contribution in [0.15, 0.2) is 6.07 Å². The van der Waals surface area contributed by atoms with E-state index < -0.39 is 0 Å². The van der Waals surface area contributed by atoms with Crippen molar-refractivity contribution in [1.82, 2.24) is 4.98 Å². The van der Waals surface area contributed by atoms with Crippen molar-refractivity contribution in [3.05, 3.63) is 28.6 Å². The molecule has 2 saturated carbocycles. The van der Waals surface area contributed by atoms with Crippen LogP contribution in [0.4, 0.5) is 0 Å². The van der Waals surface area contributed by atoms with Crippen molar-refractivity contribution in [2.75, 3.05) is 0 Å². The maximum atomic E-state index is 13.3. The lowest BCUT2D eigenvalue weighted by Crippen LogP contribution is -2.39. The number of pyridine rings is 1. The van der Waals surface area contributed by atoms with Crippen LogP contribution in [0.3, 0.4) is 0 Å². The zero-order valence-electron chi connectivity index (χ0n) is 24.3. The lowest BCUT2D eigenvalue weighted by Gasteiger charge is -2.40. The molecule has 8 atom stereocenters. The number of nitrogens with zero attached hydrogens (tertiary/aromatic N) is 1. The number of hydrogen-bond donors (Lipinski definition) is 0. The Hall–Kier alpha value is -1.91. The molecule has 202 valence electrons. The number of hydrogen-bond acceptors (Lipinski definition) is 5. The van der Waals surface area contributed by atoms with Gasteiger partial charge in [0.1, 0.15) is 12.2 Å². The van der Waals surface area contributed by atoms with Crippen molar-refractivity contribution in [3.63, 3.8) is 0 Å². The molecule has 3 rings (SSSR count). The second kappa shape index (κ2) is 11.6. The lowest BCUT2D eigenvalue weighted by atomic mass is 9.70. The van der Waals surface area contributed by atoms with Gasteiger partial charge < -0.3 is 9.47 Å². The van der Waals surface area contributed by atoms with E-state index in [1.165, 1.54) is 12.8 Å². The fourth-order valence-corrected chi connectivity index (χ4v) is 6.28. The monoisotopic (exact) mass is 499 g/mol. The Morgan fingerprint density at radius 3 is 1.42 bits per heavy atom. The van der Waals surface area contributed by atoms with Crippen molar-refractivity contribution < 1.29 is 19.1 Å². The molecule has 0 amide bonds. The lowest BCUT2D eigenvalue weighted by molar-refractivity contribution is -0.0257. The third kappa shape index (κ3) is 6.31. The molecule has 1 heterocycles. The summed E-state index contributed by atoms with van der Waals surface area (Å²) >= 11 is 0. The standard InChI is InChI=1S/C31H49NO4/c1-16(2)24-11-18(5)20(7)28(13-24)35-30(33)26-15-27(23(10)32-22(26)9)31(34)36-29-14-25(17(3)4)12-19(6)21(29)8/h15-21,24-25,28-29H,11-14H2,1-10H3/t18-,19+,20-,21+,24-,25-,28-,29-/m1/s1. The van der Waals surface area contributed by atoms with Crippen LogP contribution in [-0.4, -0.2) is 29.1 Å². The topological polar surface area (TPSA) is 65.5 Å². The largest absolute Gasteiger partial charge is 0.458 e. The minimum atomic E-state index is -0.387. The van der Waals surface area contributed by atoms with Crippen molar-refractivity contribution in [2.24, 2.45) is 47.3 Å². The quantitative estimate of drug-likeness (QED) is 0.381. The maximum absolute atomic E-state index is 13.3. The Morgan fingerprint density at radius 1 is 0.722 bits per heavy atom. The highest BCUT2D eigenvalue weighted by atomic mass is 16.5. The highest BCUT2D eigenvalue weighted by Gasteiger charge is 2.38. The Kier molecular flexibility index (Phi) is 9.27. The second-order valence-corrected chi connectivity index (χ2v) is 12.8. The number of carbonyl (C=O) groups is 2. The molecular weight excluding hydrogens is 450 g/mol. The van der Waals surface area contributed by atoms with E-state index in [1.54, 1.807) is 19.9 Å². The average Bonchev–Trinajstić information content (AvgIpc) is 2.79. The highest BCUT2D eigenvalue weighted by Crippen LogP contribution is 2.40. The average molecular weight is 500 g/mol. The molecule has 0 aliphatic heterocycles. The van der Waals surface area contributed by atoms with Crippen LogP contribution < -0.4 is 0 Å². The van der Waals surface area contributed by atoms with E-state index >= 15 is 0 Å². The van der Waals surface area contributed by atoms with Crippen LogP contribution in [0, 0.1) is 61.2 Å². The van der Waals surface area contributed by atoms with Gasteiger partial charge in [0.25, 0.3) is 0 Å². The normalized spacial score (nSPS) is 33.0. The molecule has 2 fully saturated rings. The third-order valence-electron chi connectivity index (χ3n) is 9.63. The van der Waals surface area contributed by atoms with Gasteiger partial charge in [0.05, 0.1) is 22.5 Å². The summed E-state index contributed by atoms with van der Waals surface area (Å²) in [5.41, 5.74) is 1.91. The molecule has 2 aliphatic rings. The minimum Gasteiger partial charge on any atom is -0.458 e. The van der Waals surface area contributed by atoms with Crippen LogP contribution in [0.25, 0.3) is 0 Å². The van der Waals surface area contributed by atoms with Crippen LogP contribution in [0.1, 0.15) is 113 Å². The van der Waals surface area contributed by atoms with Gasteiger partial charge >= 0.3 is 11.9 Å². The van der Waals surface area contributed by atoms with Crippen LogP contribution in [0.5, 0.6) is 0 Å². The fraction of sp³-hybridized carbons (Fsp3) is 0.774. The summed E-state index contributed by atoms with van der Waals surface area (Å²) in [5, 5.41) is 0. The summed E-state index contributed by atoms with van der Waals surface area (Å²) in [5.74, 6) is 3.05. The molecule has 0 radical (unpaired) electrons. The SMILES string of the molecule is Cc1nc(C)c(C(=O)O[C@@H]2C[C@H](C(C)C)C[C@H](C)[C@@H]2C)cc1C(=O)O[C@@H]1C[C@H](C(C)C)C[C@@H](C)[C@H]1C. The first-order valence-electron chi connectivity index (χ1n) is 14.2. The number of carbonyl (C=O) groups excluding carboxylic acids is 2. The van der Waals surface area contributed by atoms with E-state index in [0.29, 0.717) is 69.9 Å². The molecule has 0 saturated heterocycles. The van der Waals surface area contributed by atoms with Crippen molar-refractivity contribution in [3.8, 4) is 0 Å². The van der Waals surface area contributed by atoms with Crippen LogP contribution >= 0.6 is 0 Å². The van der Waals surface area contributed by atoms with Gasteiger partial charge in [0.2, 0.25) is 0 Å². The zero-order chi connectivity index (χ0) is 26.9. The molecule has 36 heavy (non-hydrogen) atoms. The van der Waals surface area contributed by atoms with Crippen LogP contribution in [0.2, 0.25) is 0 Å². The summed E-state index contributed by atoms with van der Waals surface area (Å²) < 4.78 is 12.2. The Bertz CT molecular complexity index is 867. The molecule has 1 aromatic rings. The molecule has 0 aromatic carbocycles. The first-order chi connectivity index (χ1) is 16.8. The Labute approximate surface area is 219 Å². The van der Waals surface area contributed by atoms with E-state index in [4.69, 9.17) is 9.47 Å². The highest BCUT2D eigenvalue weighted by molar-refractivity contribution is 5.96. The number of rotatable bonds is 6. The molecule has 1 aromatic heterocycles. The maximum Gasteiger partial charge on any atom is 0.340 e. The molecule has 5 heteroatoms. The molecule has 0 bridgehead atoms. The van der Waals surface area contributed by atoms with E-state index in [9.17, 15) is 9.59 Å². The van der Waals surface area contributed by atoms with E-state index in [1.807, 2.05) is 0 Å². The zero-order valence-corrected chi connectivity index (χ0v) is 24.3. The molecule has 0 spiro atoms. The van der Waals surface area contributed by atoms with Crippen molar-refractivity contribution in [2.45, 2.75) is 107 Å². The number of ether oxygens (including phenoxy) is 2. The summed E-state index contributed by atoms with van der Waals surface area (Å²) in [7, 11) is 0. The fourth-order valence-electron chi connectivity index (χ4n) is 6.28. The van der Waals surface area contributed by atoms with Gasteiger partial charge in [0, 0.05) is 0 Å². The van der Waals surface area contributed by atoms with E-state index in [2.05, 4.69) is 60.4 Å². The van der Waals surface area contributed by atoms with Gasteiger partial charge in [-0.1, -0.05) is 55.4 Å². The first-order valence-corrected chi connectivity index (χ1v) is 14.2. The predicted molar refractivity (Wildman–Crippen MR) is 144 cm³/mol. The summed E-state index contributed by atoms with van der Waals surface area (Å²) in [6.07, 6.45) is 3.87. The van der Waals surface area contributed by atoms with Gasteiger partial charge in [-0.25, -0.2) is 9.59 Å². The summed E-state index contributed by atoms with van der Waals surface area (Å²) in [6.45, 7) is 21.5. The number of aromatic nitrogens is 1. The molecule has 5 nitrogen and oxygen atoms in total. The molecule has 2 aliphatic carbocycles. The van der Waals surface area contributed by atoms with E-state index in [0.717, 1.165) is 12.8 Å². The van der Waals surface area contributed by atoms with Gasteiger partial charge in [-0.3, -0.25) is 4.98 Å². The molecular formula is C31H49NO4. The third-order valence-corrected chi connectivity index (χ3v) is 9.63. The molecule has 0 N–H and O–H groups in total. The number of aryl methyl sites for hydroxylation is 2. The second-order valence-electron chi connectivity index (χ2n) is 12.8. The van der Waals surface area contributed by atoms with Gasteiger partial charge in [-0.15, -0.1) is 0 Å². The number of esters is 2. The Morgan fingerprint density at radius 2 is 1.08 bits per heavy atom. The Balaban J connectivity index is 1.78. The summed E-state index contributed by atoms with van der Waals surface area (Å²) in [4.78, 5) is 31.2. The predicted octanol–water partition coefficient (Wildman–Crippen LogP) is 7.43. The van der Waals surface area contributed by atoms with Gasteiger partial charge in [-0.2, -0.15) is 0 Å². The summed E-state index contributed by atoms with van der Waals surface area (Å²) in [6, 6.07) is 1.65. The van der Waals surface area contributed by atoms with Crippen molar-refractivity contribution in [1.29, 1.82) is 0 Å². The van der Waals surface area contributed by atoms with Gasteiger partial charge in [0.15, 0.2) is 0 Å². The van der Waals surface area contributed by atoms with Crippen molar-refractivity contribution >= 4 is 11.9 Å². The molecule has 0 unspecified atom stereocenters.